The molecule has 0 aliphatic heterocycles. The normalized spacial score (nSPS) is 10.7. The van der Waals surface area contributed by atoms with E-state index in [-0.39, 0.29) is 0 Å². The molecule has 0 unspecified atom stereocenters. The number of thioether (sulfide) groups is 1. The Labute approximate surface area is 93.5 Å². The highest BCUT2D eigenvalue weighted by atomic mass is 79.9. The summed E-state index contributed by atoms with van der Waals surface area (Å²) in [6, 6.07) is 1.86. The van der Waals surface area contributed by atoms with Gasteiger partial charge in [-0.25, -0.2) is 15.0 Å². The summed E-state index contributed by atoms with van der Waals surface area (Å²) in [7, 11) is 0. The standard InChI is InChI=1S/C8H7BrN4S/c1-14-8-11-3-4-2-5(9)6(10)12-7(4)13-8/h2-3H,1H3,(H2,10,11,12,13). The lowest BCUT2D eigenvalue weighted by Gasteiger charge is -2.01. The summed E-state index contributed by atoms with van der Waals surface area (Å²) >= 11 is 4.78. The third-order valence-corrected chi connectivity index (χ3v) is 2.91. The molecule has 0 amide bonds. The molecule has 2 N–H and O–H groups in total. The molecule has 0 atom stereocenters. The molecule has 6 heteroatoms. The number of fused-ring (bicyclic) bond motifs is 1. The van der Waals surface area contributed by atoms with Gasteiger partial charge >= 0.3 is 0 Å². The zero-order valence-electron chi connectivity index (χ0n) is 7.36. The average molecular weight is 271 g/mol. The van der Waals surface area contributed by atoms with Gasteiger partial charge < -0.3 is 5.73 Å². The lowest BCUT2D eigenvalue weighted by molar-refractivity contribution is 0.992. The van der Waals surface area contributed by atoms with Crippen molar-refractivity contribution in [2.24, 2.45) is 0 Å². The first-order chi connectivity index (χ1) is 6.70. The van der Waals surface area contributed by atoms with Gasteiger partial charge in [0.1, 0.15) is 5.82 Å². The van der Waals surface area contributed by atoms with E-state index in [4.69, 9.17) is 5.73 Å². The highest BCUT2D eigenvalue weighted by molar-refractivity contribution is 9.10. The van der Waals surface area contributed by atoms with Gasteiger partial charge in [0.25, 0.3) is 0 Å². The highest BCUT2D eigenvalue weighted by Crippen LogP contribution is 2.22. The van der Waals surface area contributed by atoms with Crippen LogP contribution in [0.15, 0.2) is 21.9 Å². The fourth-order valence-electron chi connectivity index (χ4n) is 1.03. The van der Waals surface area contributed by atoms with Crippen LogP contribution in [-0.4, -0.2) is 21.2 Å². The van der Waals surface area contributed by atoms with E-state index in [9.17, 15) is 0 Å². The molecule has 0 aromatic carbocycles. The summed E-state index contributed by atoms with van der Waals surface area (Å²) in [6.07, 6.45) is 3.66. The molecule has 0 aliphatic carbocycles. The average Bonchev–Trinajstić information content (AvgIpc) is 2.19. The van der Waals surface area contributed by atoms with Crippen molar-refractivity contribution in [1.29, 1.82) is 0 Å². The van der Waals surface area contributed by atoms with E-state index >= 15 is 0 Å². The molecular formula is C8H7BrN4S. The summed E-state index contributed by atoms with van der Waals surface area (Å²) in [5.74, 6) is 0.447. The minimum atomic E-state index is 0.447. The van der Waals surface area contributed by atoms with Crippen LogP contribution in [0.3, 0.4) is 0 Å². The number of hydrogen-bond acceptors (Lipinski definition) is 5. The van der Waals surface area contributed by atoms with E-state index in [1.165, 1.54) is 11.8 Å². The Bertz CT molecular complexity index is 488. The van der Waals surface area contributed by atoms with Crippen LogP contribution in [-0.2, 0) is 0 Å². The Hall–Kier alpha value is -0.880. The fraction of sp³-hybridized carbons (Fsp3) is 0.125. The molecule has 0 fully saturated rings. The van der Waals surface area contributed by atoms with Crippen LogP contribution in [0.2, 0.25) is 0 Å². The second kappa shape index (κ2) is 3.70. The van der Waals surface area contributed by atoms with Gasteiger partial charge in [-0.2, -0.15) is 0 Å². The van der Waals surface area contributed by atoms with E-state index in [2.05, 4.69) is 30.9 Å². The largest absolute Gasteiger partial charge is 0.383 e. The summed E-state index contributed by atoms with van der Waals surface area (Å²) in [5, 5.41) is 1.58. The molecule has 0 saturated heterocycles. The van der Waals surface area contributed by atoms with Crippen LogP contribution >= 0.6 is 27.7 Å². The minimum Gasteiger partial charge on any atom is -0.383 e. The number of nitrogens with two attached hydrogens (primary N) is 1. The van der Waals surface area contributed by atoms with Gasteiger partial charge in [0, 0.05) is 11.6 Å². The second-order valence-electron chi connectivity index (χ2n) is 2.62. The molecule has 72 valence electrons. The number of nitrogen functional groups attached to an aromatic ring is 1. The van der Waals surface area contributed by atoms with Crippen molar-refractivity contribution in [2.75, 3.05) is 12.0 Å². The zero-order valence-corrected chi connectivity index (χ0v) is 9.76. The summed E-state index contributed by atoms with van der Waals surface area (Å²) in [6.45, 7) is 0. The van der Waals surface area contributed by atoms with Crippen molar-refractivity contribution in [3.63, 3.8) is 0 Å². The first-order valence-electron chi connectivity index (χ1n) is 3.83. The Morgan fingerprint density at radius 3 is 2.93 bits per heavy atom. The molecule has 14 heavy (non-hydrogen) atoms. The molecule has 2 aromatic heterocycles. The molecule has 0 bridgehead atoms. The van der Waals surface area contributed by atoms with E-state index < -0.39 is 0 Å². The van der Waals surface area contributed by atoms with E-state index in [0.717, 1.165) is 9.86 Å². The predicted octanol–water partition coefficient (Wildman–Crippen LogP) is 2.09. The number of nitrogens with zero attached hydrogens (tertiary/aromatic N) is 3. The number of pyridine rings is 1. The highest BCUT2D eigenvalue weighted by Gasteiger charge is 2.03. The van der Waals surface area contributed by atoms with Gasteiger partial charge in [-0.15, -0.1) is 0 Å². The van der Waals surface area contributed by atoms with E-state index in [1.54, 1.807) is 6.20 Å². The predicted molar refractivity (Wildman–Crippen MR) is 61.2 cm³/mol. The van der Waals surface area contributed by atoms with Crippen LogP contribution in [0.5, 0.6) is 0 Å². The summed E-state index contributed by atoms with van der Waals surface area (Å²) in [5.41, 5.74) is 6.28. The van der Waals surface area contributed by atoms with Crippen LogP contribution in [0.4, 0.5) is 5.82 Å². The van der Waals surface area contributed by atoms with Crippen molar-refractivity contribution in [3.8, 4) is 0 Å². The van der Waals surface area contributed by atoms with Crippen molar-refractivity contribution >= 4 is 44.5 Å². The van der Waals surface area contributed by atoms with Gasteiger partial charge in [0.2, 0.25) is 0 Å². The maximum Gasteiger partial charge on any atom is 0.189 e. The third kappa shape index (κ3) is 1.67. The van der Waals surface area contributed by atoms with Crippen LogP contribution in [0.1, 0.15) is 0 Å². The zero-order chi connectivity index (χ0) is 10.1. The van der Waals surface area contributed by atoms with Crippen molar-refractivity contribution in [2.45, 2.75) is 5.16 Å². The van der Waals surface area contributed by atoms with Gasteiger partial charge in [-0.05, 0) is 28.3 Å². The number of aromatic nitrogens is 3. The van der Waals surface area contributed by atoms with E-state index in [1.807, 2.05) is 12.3 Å². The van der Waals surface area contributed by atoms with Crippen molar-refractivity contribution in [3.05, 3.63) is 16.7 Å². The van der Waals surface area contributed by atoms with Crippen molar-refractivity contribution in [1.82, 2.24) is 15.0 Å². The van der Waals surface area contributed by atoms with Crippen LogP contribution in [0.25, 0.3) is 11.0 Å². The first-order valence-corrected chi connectivity index (χ1v) is 5.85. The molecule has 0 aliphatic rings. The van der Waals surface area contributed by atoms with Gasteiger partial charge in [-0.1, -0.05) is 11.8 Å². The monoisotopic (exact) mass is 270 g/mol. The lowest BCUT2D eigenvalue weighted by atomic mass is 10.3. The topological polar surface area (TPSA) is 64.7 Å². The Morgan fingerprint density at radius 2 is 2.21 bits per heavy atom. The Kier molecular flexibility index (Phi) is 2.56. The SMILES string of the molecule is CSc1ncc2cc(Br)c(N)nc2n1. The van der Waals surface area contributed by atoms with Gasteiger partial charge in [-0.3, -0.25) is 0 Å². The number of rotatable bonds is 1. The number of hydrogen-bond donors (Lipinski definition) is 1. The Balaban J connectivity index is 2.70. The first kappa shape index (κ1) is 9.67. The fourth-order valence-corrected chi connectivity index (χ4v) is 1.71. The van der Waals surface area contributed by atoms with Crippen LogP contribution < -0.4 is 5.73 Å². The summed E-state index contributed by atoms with van der Waals surface area (Å²) in [4.78, 5) is 12.5. The molecule has 2 rings (SSSR count). The Morgan fingerprint density at radius 1 is 1.43 bits per heavy atom. The van der Waals surface area contributed by atoms with E-state index in [0.29, 0.717) is 16.6 Å². The molecular weight excluding hydrogens is 264 g/mol. The second-order valence-corrected chi connectivity index (χ2v) is 4.25. The molecule has 2 aromatic rings. The van der Waals surface area contributed by atoms with Gasteiger partial charge in [0.15, 0.2) is 10.8 Å². The maximum atomic E-state index is 5.65. The van der Waals surface area contributed by atoms with Gasteiger partial charge in [0.05, 0.1) is 4.47 Å². The van der Waals surface area contributed by atoms with Crippen LogP contribution in [0, 0.1) is 0 Å². The molecule has 0 radical (unpaired) electrons. The van der Waals surface area contributed by atoms with Crippen molar-refractivity contribution < 1.29 is 0 Å². The maximum absolute atomic E-state index is 5.65. The molecule has 0 saturated carbocycles. The summed E-state index contributed by atoms with van der Waals surface area (Å²) < 4.78 is 0.769. The quantitative estimate of drug-likeness (QED) is 0.635. The molecule has 0 spiro atoms. The number of halogens is 1. The molecule has 4 nitrogen and oxygen atoms in total. The molecule has 2 heterocycles. The third-order valence-electron chi connectivity index (χ3n) is 1.71. The number of anilines is 1. The lowest BCUT2D eigenvalue weighted by Crippen LogP contribution is -1.95. The minimum absolute atomic E-state index is 0.447. The smallest absolute Gasteiger partial charge is 0.189 e.